The zero-order valence-electron chi connectivity index (χ0n) is 13.6. The second kappa shape index (κ2) is 8.54. The molecule has 0 aliphatic heterocycles. The number of nitrogens with one attached hydrogen (secondary N) is 1. The number of nitrogens with zero attached hydrogens (tertiary/aromatic N) is 1. The molecule has 1 aromatic rings. The average Bonchev–Trinajstić information content (AvgIpc) is 2.53. The van der Waals surface area contributed by atoms with E-state index in [4.69, 9.17) is 11.6 Å². The molecule has 1 aliphatic rings. The summed E-state index contributed by atoms with van der Waals surface area (Å²) in [6.45, 7) is 5.53. The van der Waals surface area contributed by atoms with Crippen molar-refractivity contribution in [2.24, 2.45) is 0 Å². The Morgan fingerprint density at radius 1 is 1.32 bits per heavy atom. The molecule has 1 atom stereocenters. The van der Waals surface area contributed by atoms with E-state index >= 15 is 0 Å². The number of amides is 1. The Morgan fingerprint density at radius 2 is 2.00 bits per heavy atom. The van der Waals surface area contributed by atoms with Crippen LogP contribution >= 0.6 is 11.6 Å². The SMILES string of the molecule is CCN(CC(=O)NC(C)c1ccccc1Cl)C1CCCCC1. The summed E-state index contributed by atoms with van der Waals surface area (Å²) in [6, 6.07) is 8.18. The number of rotatable bonds is 6. The molecule has 0 heterocycles. The fraction of sp³-hybridized carbons (Fsp3) is 0.611. The molecular weight excluding hydrogens is 296 g/mol. The molecule has 1 N–H and O–H groups in total. The molecule has 0 spiro atoms. The molecule has 4 heteroatoms. The van der Waals surface area contributed by atoms with Gasteiger partial charge in [0.05, 0.1) is 12.6 Å². The predicted molar refractivity (Wildman–Crippen MR) is 92.1 cm³/mol. The largest absolute Gasteiger partial charge is 0.348 e. The van der Waals surface area contributed by atoms with Gasteiger partial charge in [0.15, 0.2) is 0 Å². The lowest BCUT2D eigenvalue weighted by Gasteiger charge is -2.33. The van der Waals surface area contributed by atoms with Crippen LogP contribution in [-0.2, 0) is 4.79 Å². The normalized spacial score (nSPS) is 17.5. The standard InChI is InChI=1S/C18H27ClN2O/c1-3-21(15-9-5-4-6-10-15)13-18(22)20-14(2)16-11-7-8-12-17(16)19/h7-8,11-12,14-15H,3-6,9-10,13H2,1-2H3,(H,20,22). The first-order valence-corrected chi connectivity index (χ1v) is 8.77. The van der Waals surface area contributed by atoms with E-state index in [1.165, 1.54) is 32.1 Å². The van der Waals surface area contributed by atoms with Crippen molar-refractivity contribution in [2.75, 3.05) is 13.1 Å². The van der Waals surface area contributed by atoms with Crippen LogP contribution in [-0.4, -0.2) is 29.9 Å². The molecule has 2 rings (SSSR count). The van der Waals surface area contributed by atoms with Crippen LogP contribution < -0.4 is 5.32 Å². The number of halogens is 1. The summed E-state index contributed by atoms with van der Waals surface area (Å²) in [4.78, 5) is 14.7. The highest BCUT2D eigenvalue weighted by molar-refractivity contribution is 6.31. The van der Waals surface area contributed by atoms with Gasteiger partial charge in [0, 0.05) is 11.1 Å². The number of likely N-dealkylation sites (N-methyl/N-ethyl adjacent to an activating group) is 1. The van der Waals surface area contributed by atoms with Crippen LogP contribution in [0.4, 0.5) is 0 Å². The Morgan fingerprint density at radius 3 is 2.64 bits per heavy atom. The molecule has 0 radical (unpaired) electrons. The van der Waals surface area contributed by atoms with Gasteiger partial charge in [-0.1, -0.05) is 56.0 Å². The predicted octanol–water partition coefficient (Wildman–Crippen LogP) is 4.17. The lowest BCUT2D eigenvalue weighted by Crippen LogP contribution is -2.44. The number of carbonyl (C=O) groups is 1. The van der Waals surface area contributed by atoms with E-state index in [2.05, 4.69) is 17.1 Å². The van der Waals surface area contributed by atoms with E-state index in [-0.39, 0.29) is 11.9 Å². The second-order valence-corrected chi connectivity index (χ2v) is 6.57. The summed E-state index contributed by atoms with van der Waals surface area (Å²) >= 11 is 6.20. The Balaban J connectivity index is 1.89. The first kappa shape index (κ1) is 17.3. The van der Waals surface area contributed by atoms with Crippen molar-refractivity contribution in [1.82, 2.24) is 10.2 Å². The van der Waals surface area contributed by atoms with Gasteiger partial charge in [-0.15, -0.1) is 0 Å². The van der Waals surface area contributed by atoms with Crippen LogP contribution in [0.2, 0.25) is 5.02 Å². The van der Waals surface area contributed by atoms with Gasteiger partial charge in [-0.25, -0.2) is 0 Å². The van der Waals surface area contributed by atoms with Gasteiger partial charge in [-0.05, 0) is 37.9 Å². The summed E-state index contributed by atoms with van der Waals surface area (Å²) in [7, 11) is 0. The summed E-state index contributed by atoms with van der Waals surface area (Å²) in [5, 5.41) is 3.78. The van der Waals surface area contributed by atoms with Gasteiger partial charge in [-0.2, -0.15) is 0 Å². The molecule has 0 bridgehead atoms. The van der Waals surface area contributed by atoms with E-state index in [0.717, 1.165) is 12.1 Å². The first-order chi connectivity index (χ1) is 10.6. The number of hydrogen-bond acceptors (Lipinski definition) is 2. The Labute approximate surface area is 139 Å². The van der Waals surface area contributed by atoms with Gasteiger partial charge < -0.3 is 5.32 Å². The van der Waals surface area contributed by atoms with Gasteiger partial charge in [0.2, 0.25) is 5.91 Å². The van der Waals surface area contributed by atoms with E-state index in [1.807, 2.05) is 31.2 Å². The van der Waals surface area contributed by atoms with Crippen LogP contribution in [0, 0.1) is 0 Å². The molecule has 1 saturated carbocycles. The number of carbonyl (C=O) groups excluding carboxylic acids is 1. The zero-order chi connectivity index (χ0) is 15.9. The van der Waals surface area contributed by atoms with Crippen LogP contribution in [0.3, 0.4) is 0 Å². The quantitative estimate of drug-likeness (QED) is 0.852. The van der Waals surface area contributed by atoms with Gasteiger partial charge in [0.1, 0.15) is 0 Å². The minimum absolute atomic E-state index is 0.0636. The van der Waals surface area contributed by atoms with Crippen molar-refractivity contribution >= 4 is 17.5 Å². The van der Waals surface area contributed by atoms with Crippen LogP contribution in [0.15, 0.2) is 24.3 Å². The van der Waals surface area contributed by atoms with E-state index in [9.17, 15) is 4.79 Å². The van der Waals surface area contributed by atoms with Gasteiger partial charge >= 0.3 is 0 Å². The fourth-order valence-corrected chi connectivity index (χ4v) is 3.62. The first-order valence-electron chi connectivity index (χ1n) is 8.39. The Hall–Kier alpha value is -1.06. The van der Waals surface area contributed by atoms with Crippen molar-refractivity contribution in [3.8, 4) is 0 Å². The molecular formula is C18H27ClN2O. The lowest BCUT2D eigenvalue weighted by atomic mass is 9.94. The minimum Gasteiger partial charge on any atom is -0.348 e. The van der Waals surface area contributed by atoms with Crippen molar-refractivity contribution in [1.29, 1.82) is 0 Å². The summed E-state index contributed by atoms with van der Waals surface area (Å²) < 4.78 is 0. The topological polar surface area (TPSA) is 32.3 Å². The number of hydrogen-bond donors (Lipinski definition) is 1. The summed E-state index contributed by atoms with van der Waals surface area (Å²) in [5.41, 5.74) is 0.971. The fourth-order valence-electron chi connectivity index (χ4n) is 3.32. The molecule has 1 amide bonds. The van der Waals surface area contributed by atoms with Crippen LogP contribution in [0.5, 0.6) is 0 Å². The maximum absolute atomic E-state index is 12.4. The highest BCUT2D eigenvalue weighted by Gasteiger charge is 2.22. The van der Waals surface area contributed by atoms with Gasteiger partial charge in [-0.3, -0.25) is 9.69 Å². The molecule has 122 valence electrons. The molecule has 1 aromatic carbocycles. The van der Waals surface area contributed by atoms with Crippen LogP contribution in [0.25, 0.3) is 0 Å². The third-order valence-corrected chi connectivity index (χ3v) is 4.94. The smallest absolute Gasteiger partial charge is 0.234 e. The molecule has 0 aromatic heterocycles. The van der Waals surface area contributed by atoms with E-state index < -0.39 is 0 Å². The number of benzene rings is 1. The van der Waals surface area contributed by atoms with Crippen LogP contribution in [0.1, 0.15) is 57.6 Å². The van der Waals surface area contributed by atoms with Crippen molar-refractivity contribution in [3.05, 3.63) is 34.9 Å². The monoisotopic (exact) mass is 322 g/mol. The third-order valence-electron chi connectivity index (χ3n) is 4.59. The maximum atomic E-state index is 12.4. The minimum atomic E-state index is -0.0636. The van der Waals surface area contributed by atoms with E-state index in [1.54, 1.807) is 0 Å². The molecule has 1 aliphatic carbocycles. The maximum Gasteiger partial charge on any atom is 0.234 e. The third kappa shape index (κ3) is 4.72. The van der Waals surface area contributed by atoms with Crippen molar-refractivity contribution in [2.45, 2.75) is 58.0 Å². The second-order valence-electron chi connectivity index (χ2n) is 6.17. The zero-order valence-corrected chi connectivity index (χ0v) is 14.4. The highest BCUT2D eigenvalue weighted by Crippen LogP contribution is 2.23. The van der Waals surface area contributed by atoms with Crippen molar-refractivity contribution in [3.63, 3.8) is 0 Å². The molecule has 0 saturated heterocycles. The summed E-state index contributed by atoms with van der Waals surface area (Å²) in [5.74, 6) is 0.0832. The Kier molecular flexibility index (Phi) is 6.71. The molecule has 1 fully saturated rings. The lowest BCUT2D eigenvalue weighted by molar-refractivity contribution is -0.123. The molecule has 1 unspecified atom stereocenters. The average molecular weight is 323 g/mol. The highest BCUT2D eigenvalue weighted by atomic mass is 35.5. The molecule has 22 heavy (non-hydrogen) atoms. The molecule has 3 nitrogen and oxygen atoms in total. The Bertz CT molecular complexity index is 486. The van der Waals surface area contributed by atoms with E-state index in [0.29, 0.717) is 17.6 Å². The van der Waals surface area contributed by atoms with Crippen molar-refractivity contribution < 1.29 is 4.79 Å². The van der Waals surface area contributed by atoms with Gasteiger partial charge in [0.25, 0.3) is 0 Å². The summed E-state index contributed by atoms with van der Waals surface area (Å²) in [6.07, 6.45) is 6.36.